The van der Waals surface area contributed by atoms with Crippen LogP contribution in [0.1, 0.15) is 12.5 Å². The zero-order valence-electron chi connectivity index (χ0n) is 7.97. The van der Waals surface area contributed by atoms with Crippen molar-refractivity contribution >= 4 is 0 Å². The summed E-state index contributed by atoms with van der Waals surface area (Å²) in [6.45, 7) is 1.93. The lowest BCUT2D eigenvalue weighted by Crippen LogP contribution is -2.13. The second kappa shape index (κ2) is 3.83. The van der Waals surface area contributed by atoms with E-state index in [2.05, 4.69) is 11.8 Å². The monoisotopic (exact) mass is 188 g/mol. The SMILES string of the molecule is CC1OC1C(O)C#Cc1ccccc1. The van der Waals surface area contributed by atoms with Crippen molar-refractivity contribution < 1.29 is 9.84 Å². The first-order chi connectivity index (χ1) is 6.77. The number of epoxide rings is 1. The molecule has 1 fully saturated rings. The van der Waals surface area contributed by atoms with Crippen LogP contribution in [0.3, 0.4) is 0 Å². The molecular weight excluding hydrogens is 176 g/mol. The highest BCUT2D eigenvalue weighted by Crippen LogP contribution is 2.24. The minimum Gasteiger partial charge on any atom is -0.378 e. The van der Waals surface area contributed by atoms with Gasteiger partial charge in [0.05, 0.1) is 6.10 Å². The average Bonchev–Trinajstić information content (AvgIpc) is 2.94. The molecule has 2 nitrogen and oxygen atoms in total. The molecule has 0 bridgehead atoms. The van der Waals surface area contributed by atoms with Gasteiger partial charge in [-0.15, -0.1) is 0 Å². The summed E-state index contributed by atoms with van der Waals surface area (Å²) in [7, 11) is 0. The molecule has 1 aromatic rings. The highest BCUT2D eigenvalue weighted by atomic mass is 16.6. The van der Waals surface area contributed by atoms with Crippen LogP contribution < -0.4 is 0 Å². The van der Waals surface area contributed by atoms with Gasteiger partial charge in [-0.1, -0.05) is 30.0 Å². The van der Waals surface area contributed by atoms with E-state index in [0.717, 1.165) is 5.56 Å². The Morgan fingerprint density at radius 2 is 2.00 bits per heavy atom. The number of aliphatic hydroxyl groups excluding tert-OH is 1. The summed E-state index contributed by atoms with van der Waals surface area (Å²) in [5.74, 6) is 5.68. The van der Waals surface area contributed by atoms with E-state index in [4.69, 9.17) is 4.74 Å². The summed E-state index contributed by atoms with van der Waals surface area (Å²) >= 11 is 0. The summed E-state index contributed by atoms with van der Waals surface area (Å²) in [4.78, 5) is 0. The molecule has 0 aromatic heterocycles. The molecule has 0 saturated carbocycles. The van der Waals surface area contributed by atoms with Crippen molar-refractivity contribution in [2.24, 2.45) is 0 Å². The van der Waals surface area contributed by atoms with Gasteiger partial charge in [0.15, 0.2) is 0 Å². The zero-order valence-corrected chi connectivity index (χ0v) is 7.97. The second-order valence-electron chi connectivity index (χ2n) is 3.39. The van der Waals surface area contributed by atoms with Crippen LogP contribution in [0.5, 0.6) is 0 Å². The summed E-state index contributed by atoms with van der Waals surface area (Å²) in [5, 5.41) is 9.52. The van der Waals surface area contributed by atoms with Gasteiger partial charge in [0.25, 0.3) is 0 Å². The Balaban J connectivity index is 2.00. The lowest BCUT2D eigenvalue weighted by atomic mass is 10.2. The molecule has 2 heteroatoms. The van der Waals surface area contributed by atoms with Crippen LogP contribution >= 0.6 is 0 Å². The van der Waals surface area contributed by atoms with Gasteiger partial charge in [0.2, 0.25) is 0 Å². The van der Waals surface area contributed by atoms with Gasteiger partial charge < -0.3 is 9.84 Å². The van der Waals surface area contributed by atoms with Crippen LogP contribution in [-0.4, -0.2) is 23.4 Å². The Morgan fingerprint density at radius 1 is 1.36 bits per heavy atom. The minimum atomic E-state index is -0.662. The van der Waals surface area contributed by atoms with Crippen molar-refractivity contribution in [3.63, 3.8) is 0 Å². The number of hydrogen-bond donors (Lipinski definition) is 1. The largest absolute Gasteiger partial charge is 0.378 e. The number of aliphatic hydroxyl groups is 1. The zero-order chi connectivity index (χ0) is 9.97. The van der Waals surface area contributed by atoms with E-state index in [-0.39, 0.29) is 12.2 Å². The molecule has 72 valence electrons. The van der Waals surface area contributed by atoms with Gasteiger partial charge >= 0.3 is 0 Å². The quantitative estimate of drug-likeness (QED) is 0.530. The van der Waals surface area contributed by atoms with Crippen molar-refractivity contribution in [3.05, 3.63) is 35.9 Å². The Kier molecular flexibility index (Phi) is 2.53. The van der Waals surface area contributed by atoms with Crippen LogP contribution in [0.25, 0.3) is 0 Å². The molecule has 1 N–H and O–H groups in total. The topological polar surface area (TPSA) is 32.8 Å². The molecule has 1 aliphatic rings. The number of ether oxygens (including phenoxy) is 1. The van der Waals surface area contributed by atoms with E-state index in [9.17, 15) is 5.11 Å². The summed E-state index contributed by atoms with van der Waals surface area (Å²) in [5.41, 5.74) is 0.917. The highest BCUT2D eigenvalue weighted by Gasteiger charge is 2.39. The predicted molar refractivity (Wildman–Crippen MR) is 53.7 cm³/mol. The fourth-order valence-corrected chi connectivity index (χ4v) is 1.29. The van der Waals surface area contributed by atoms with Gasteiger partial charge in [0.1, 0.15) is 12.2 Å². The minimum absolute atomic E-state index is 0.0915. The Hall–Kier alpha value is -1.30. The van der Waals surface area contributed by atoms with Crippen LogP contribution in [0.2, 0.25) is 0 Å². The summed E-state index contributed by atoms with van der Waals surface area (Å²) in [6.07, 6.45) is -0.605. The molecule has 0 aliphatic carbocycles. The molecule has 0 amide bonds. The first kappa shape index (κ1) is 9.26. The number of rotatable bonds is 1. The van der Waals surface area contributed by atoms with Crippen molar-refractivity contribution in [2.45, 2.75) is 25.2 Å². The third-order valence-corrected chi connectivity index (χ3v) is 2.21. The molecule has 0 radical (unpaired) electrons. The van der Waals surface area contributed by atoms with Crippen LogP contribution in [-0.2, 0) is 4.74 Å². The van der Waals surface area contributed by atoms with Crippen LogP contribution in [0, 0.1) is 11.8 Å². The molecule has 2 rings (SSSR count). The molecule has 3 atom stereocenters. The van der Waals surface area contributed by atoms with E-state index < -0.39 is 6.10 Å². The Morgan fingerprint density at radius 3 is 2.57 bits per heavy atom. The van der Waals surface area contributed by atoms with E-state index >= 15 is 0 Å². The third-order valence-electron chi connectivity index (χ3n) is 2.21. The second-order valence-corrected chi connectivity index (χ2v) is 3.39. The summed E-state index contributed by atoms with van der Waals surface area (Å²) in [6, 6.07) is 9.61. The van der Waals surface area contributed by atoms with Gasteiger partial charge in [0, 0.05) is 5.56 Å². The molecule has 1 heterocycles. The van der Waals surface area contributed by atoms with E-state index in [0.29, 0.717) is 0 Å². The van der Waals surface area contributed by atoms with Gasteiger partial charge in [-0.05, 0) is 19.1 Å². The molecule has 1 aromatic carbocycles. The molecule has 14 heavy (non-hydrogen) atoms. The first-order valence-electron chi connectivity index (χ1n) is 4.67. The Labute approximate surface area is 83.5 Å². The van der Waals surface area contributed by atoms with Crippen molar-refractivity contribution in [1.29, 1.82) is 0 Å². The van der Waals surface area contributed by atoms with Gasteiger partial charge in [-0.25, -0.2) is 0 Å². The fourth-order valence-electron chi connectivity index (χ4n) is 1.29. The van der Waals surface area contributed by atoms with E-state index in [1.54, 1.807) is 0 Å². The molecular formula is C12H12O2. The molecule has 1 aliphatic heterocycles. The van der Waals surface area contributed by atoms with Crippen LogP contribution in [0.15, 0.2) is 30.3 Å². The smallest absolute Gasteiger partial charge is 0.143 e. The Bertz CT molecular complexity index is 361. The first-order valence-corrected chi connectivity index (χ1v) is 4.67. The average molecular weight is 188 g/mol. The van der Waals surface area contributed by atoms with Gasteiger partial charge in [-0.2, -0.15) is 0 Å². The molecule has 0 spiro atoms. The molecule has 1 saturated heterocycles. The predicted octanol–water partition coefficient (Wildman–Crippen LogP) is 1.19. The van der Waals surface area contributed by atoms with Gasteiger partial charge in [-0.3, -0.25) is 0 Å². The van der Waals surface area contributed by atoms with Crippen LogP contribution in [0.4, 0.5) is 0 Å². The lowest BCUT2D eigenvalue weighted by Gasteiger charge is -1.94. The highest BCUT2D eigenvalue weighted by molar-refractivity contribution is 5.34. The maximum atomic E-state index is 9.52. The van der Waals surface area contributed by atoms with E-state index in [1.807, 2.05) is 37.3 Å². The van der Waals surface area contributed by atoms with Crippen molar-refractivity contribution in [1.82, 2.24) is 0 Å². The molecule has 3 unspecified atom stereocenters. The number of hydrogen-bond acceptors (Lipinski definition) is 2. The lowest BCUT2D eigenvalue weighted by molar-refractivity contribution is 0.185. The normalized spacial score (nSPS) is 26.1. The maximum Gasteiger partial charge on any atom is 0.143 e. The third kappa shape index (κ3) is 2.14. The standard InChI is InChI=1S/C12H12O2/c1-9-12(14-9)11(13)8-7-10-5-3-2-4-6-10/h2-6,9,11-13H,1H3. The van der Waals surface area contributed by atoms with E-state index in [1.165, 1.54) is 0 Å². The number of benzene rings is 1. The van der Waals surface area contributed by atoms with Crippen molar-refractivity contribution in [3.8, 4) is 11.8 Å². The maximum absolute atomic E-state index is 9.52. The van der Waals surface area contributed by atoms with Crippen molar-refractivity contribution in [2.75, 3.05) is 0 Å². The fraction of sp³-hybridized carbons (Fsp3) is 0.333. The summed E-state index contributed by atoms with van der Waals surface area (Å²) < 4.78 is 5.11.